The summed E-state index contributed by atoms with van der Waals surface area (Å²) in [5, 5.41) is 17.1. The van der Waals surface area contributed by atoms with Gasteiger partial charge in [0.2, 0.25) is 0 Å². The molecule has 3 N–H and O–H groups in total. The second-order valence-corrected chi connectivity index (χ2v) is 10.6. The van der Waals surface area contributed by atoms with Crippen molar-refractivity contribution in [1.82, 2.24) is 15.5 Å². The highest BCUT2D eigenvalue weighted by Crippen LogP contribution is 2.35. The predicted octanol–water partition coefficient (Wildman–Crippen LogP) is 5.12. The first kappa shape index (κ1) is 24.7. The first-order valence-electron chi connectivity index (χ1n) is 12.8. The molecule has 0 aromatic heterocycles. The van der Waals surface area contributed by atoms with Gasteiger partial charge in [-0.3, -0.25) is 0 Å². The van der Waals surface area contributed by atoms with Crippen LogP contribution in [-0.4, -0.2) is 41.7 Å². The Morgan fingerprint density at radius 2 is 2.00 bits per heavy atom. The average molecular weight is 466 g/mol. The zero-order valence-electron chi connectivity index (χ0n) is 20.9. The summed E-state index contributed by atoms with van der Waals surface area (Å²) >= 11 is 0. The molecular weight excluding hydrogens is 425 g/mol. The molecule has 1 saturated heterocycles. The molecule has 2 aliphatic heterocycles. The number of hydrogen-bond acceptors (Lipinski definition) is 4. The minimum absolute atomic E-state index is 0.0370. The molecule has 1 unspecified atom stereocenters. The van der Waals surface area contributed by atoms with E-state index in [1.54, 1.807) is 12.1 Å². The van der Waals surface area contributed by atoms with E-state index in [0.29, 0.717) is 17.7 Å². The number of phenols is 1. The van der Waals surface area contributed by atoms with Crippen molar-refractivity contribution >= 4 is 0 Å². The molecule has 5 heteroatoms. The summed E-state index contributed by atoms with van der Waals surface area (Å²) in [5.41, 5.74) is 4.64. The summed E-state index contributed by atoms with van der Waals surface area (Å²) in [5.74, 6) is 0.709. The van der Waals surface area contributed by atoms with Crippen molar-refractivity contribution in [3.63, 3.8) is 0 Å². The van der Waals surface area contributed by atoms with Crippen LogP contribution in [-0.2, 0) is 18.4 Å². The Balaban J connectivity index is 1.35. The molecule has 0 aliphatic carbocycles. The number of phenolic OH excluding ortho intramolecular Hbond substituents is 1. The quantitative estimate of drug-likeness (QED) is 0.507. The topological polar surface area (TPSA) is 47.5 Å². The second kappa shape index (κ2) is 10.5. The van der Waals surface area contributed by atoms with Crippen LogP contribution in [0.25, 0.3) is 0 Å². The number of halogens is 1. The van der Waals surface area contributed by atoms with Gasteiger partial charge in [-0.05, 0) is 84.6 Å². The molecule has 184 valence electrons. The molecule has 2 aromatic rings. The number of nitrogens with zero attached hydrogens (tertiary/aromatic N) is 1. The summed E-state index contributed by atoms with van der Waals surface area (Å²) in [6, 6.07) is 13.3. The summed E-state index contributed by atoms with van der Waals surface area (Å²) in [7, 11) is 0. The van der Waals surface area contributed by atoms with Crippen molar-refractivity contribution in [1.29, 1.82) is 0 Å². The maximum Gasteiger partial charge on any atom is 0.123 e. The number of benzene rings is 2. The van der Waals surface area contributed by atoms with E-state index in [9.17, 15) is 9.50 Å². The maximum atomic E-state index is 13.8. The standard InChI is InChI=1S/C29H40FN3O/c1-5-20(2)28(32-21(3)27-16-22-9-10-26(34)15-23(22)18-31-27)19-33-13-11-29(4,12-14-33)24-7-6-8-25(30)17-24/h6-10,15,17,20,27-28,31-32,34H,3,5,11-14,16,18-19H2,1-2,4H3/t20?,27-,28-/m1/s1. The molecule has 4 nitrogen and oxygen atoms in total. The molecule has 1 fully saturated rings. The Morgan fingerprint density at radius 1 is 1.24 bits per heavy atom. The van der Waals surface area contributed by atoms with Crippen molar-refractivity contribution in [2.24, 2.45) is 5.92 Å². The highest BCUT2D eigenvalue weighted by atomic mass is 19.1. The van der Waals surface area contributed by atoms with Crippen LogP contribution < -0.4 is 10.6 Å². The highest BCUT2D eigenvalue weighted by Gasteiger charge is 2.33. The Kier molecular flexibility index (Phi) is 7.63. The van der Waals surface area contributed by atoms with Crippen LogP contribution in [0.5, 0.6) is 5.75 Å². The van der Waals surface area contributed by atoms with E-state index in [1.165, 1.54) is 11.6 Å². The van der Waals surface area contributed by atoms with Crippen LogP contribution >= 0.6 is 0 Å². The molecule has 0 radical (unpaired) electrons. The zero-order valence-corrected chi connectivity index (χ0v) is 20.9. The molecule has 2 aromatic carbocycles. The Bertz CT molecular complexity index is 999. The van der Waals surface area contributed by atoms with Crippen molar-refractivity contribution in [3.05, 3.63) is 77.2 Å². The van der Waals surface area contributed by atoms with E-state index in [4.69, 9.17) is 0 Å². The smallest absolute Gasteiger partial charge is 0.123 e. The first-order chi connectivity index (χ1) is 16.3. The number of fused-ring (bicyclic) bond motifs is 1. The van der Waals surface area contributed by atoms with Gasteiger partial charge in [-0.25, -0.2) is 4.39 Å². The van der Waals surface area contributed by atoms with E-state index >= 15 is 0 Å². The van der Waals surface area contributed by atoms with E-state index in [1.807, 2.05) is 18.2 Å². The van der Waals surface area contributed by atoms with E-state index in [0.717, 1.165) is 68.7 Å². The van der Waals surface area contributed by atoms with E-state index < -0.39 is 0 Å². The van der Waals surface area contributed by atoms with Crippen molar-refractivity contribution in [2.45, 2.75) is 70.5 Å². The molecule has 34 heavy (non-hydrogen) atoms. The number of rotatable bonds is 8. The number of nitrogens with one attached hydrogen (secondary N) is 2. The lowest BCUT2D eigenvalue weighted by molar-refractivity contribution is 0.143. The molecule has 2 aliphatic rings. The molecule has 0 spiro atoms. The summed E-state index contributed by atoms with van der Waals surface area (Å²) in [4.78, 5) is 2.56. The monoisotopic (exact) mass is 465 g/mol. The van der Waals surface area contributed by atoms with Gasteiger partial charge < -0.3 is 20.6 Å². The number of likely N-dealkylation sites (tertiary alicyclic amines) is 1. The van der Waals surface area contributed by atoms with Crippen LogP contribution in [0.3, 0.4) is 0 Å². The van der Waals surface area contributed by atoms with Crippen molar-refractivity contribution in [3.8, 4) is 5.75 Å². The van der Waals surface area contributed by atoms with Crippen molar-refractivity contribution in [2.75, 3.05) is 19.6 Å². The lowest BCUT2D eigenvalue weighted by Gasteiger charge is -2.42. The third-order valence-electron chi connectivity index (χ3n) is 8.21. The zero-order chi connectivity index (χ0) is 24.3. The summed E-state index contributed by atoms with van der Waals surface area (Å²) < 4.78 is 13.8. The lowest BCUT2D eigenvalue weighted by Crippen LogP contribution is -2.51. The second-order valence-electron chi connectivity index (χ2n) is 10.6. The fraction of sp³-hybridized carbons (Fsp3) is 0.517. The van der Waals surface area contributed by atoms with E-state index in [-0.39, 0.29) is 17.3 Å². The van der Waals surface area contributed by atoms with Crippen LogP contribution in [0.2, 0.25) is 0 Å². The van der Waals surface area contributed by atoms with Gasteiger partial charge >= 0.3 is 0 Å². The van der Waals surface area contributed by atoms with Gasteiger partial charge in [0.15, 0.2) is 0 Å². The van der Waals surface area contributed by atoms with Gasteiger partial charge in [0.1, 0.15) is 11.6 Å². The average Bonchev–Trinajstić information content (AvgIpc) is 2.84. The predicted molar refractivity (Wildman–Crippen MR) is 137 cm³/mol. The van der Waals surface area contributed by atoms with Gasteiger partial charge in [0.25, 0.3) is 0 Å². The minimum atomic E-state index is -0.142. The van der Waals surface area contributed by atoms with Crippen LogP contribution in [0.4, 0.5) is 4.39 Å². The van der Waals surface area contributed by atoms with Gasteiger partial charge in [0, 0.05) is 24.8 Å². The Morgan fingerprint density at radius 3 is 2.71 bits per heavy atom. The van der Waals surface area contributed by atoms with Crippen molar-refractivity contribution < 1.29 is 9.50 Å². The molecular formula is C29H40FN3O. The summed E-state index contributed by atoms with van der Waals surface area (Å²) in [6.07, 6.45) is 4.07. The number of aromatic hydroxyl groups is 1. The SMILES string of the molecule is C=C(N[C@H](CN1CCC(C)(c2cccc(F)c2)CC1)C(C)CC)[C@H]1Cc2ccc(O)cc2CN1. The minimum Gasteiger partial charge on any atom is -0.508 e. The Hall–Kier alpha value is -2.37. The Labute approximate surface area is 204 Å². The normalized spacial score (nSPS) is 21.9. The highest BCUT2D eigenvalue weighted by molar-refractivity contribution is 5.38. The molecule has 3 atom stereocenters. The molecule has 2 heterocycles. The van der Waals surface area contributed by atoms with Crippen LogP contribution in [0.1, 0.15) is 56.7 Å². The van der Waals surface area contributed by atoms with Gasteiger partial charge in [-0.15, -0.1) is 0 Å². The first-order valence-corrected chi connectivity index (χ1v) is 12.8. The third kappa shape index (κ3) is 5.64. The summed E-state index contributed by atoms with van der Waals surface area (Å²) in [6.45, 7) is 15.0. The molecule has 0 amide bonds. The van der Waals surface area contributed by atoms with Gasteiger partial charge in [0.05, 0.1) is 6.04 Å². The van der Waals surface area contributed by atoms with E-state index in [2.05, 4.69) is 49.0 Å². The molecule has 4 rings (SSSR count). The third-order valence-corrected chi connectivity index (χ3v) is 8.21. The molecule has 0 saturated carbocycles. The van der Waals surface area contributed by atoms with Crippen LogP contribution in [0.15, 0.2) is 54.7 Å². The van der Waals surface area contributed by atoms with Crippen LogP contribution in [0, 0.1) is 11.7 Å². The maximum absolute atomic E-state index is 13.8. The fourth-order valence-corrected chi connectivity index (χ4v) is 5.40. The fourth-order valence-electron chi connectivity index (χ4n) is 5.40. The lowest BCUT2D eigenvalue weighted by atomic mass is 9.74. The van der Waals surface area contributed by atoms with Gasteiger partial charge in [-0.1, -0.05) is 52.0 Å². The molecule has 0 bridgehead atoms. The number of hydrogen-bond donors (Lipinski definition) is 3. The largest absolute Gasteiger partial charge is 0.508 e. The number of piperidine rings is 1. The van der Waals surface area contributed by atoms with Gasteiger partial charge in [-0.2, -0.15) is 0 Å².